The van der Waals surface area contributed by atoms with Crippen molar-refractivity contribution in [3.63, 3.8) is 0 Å². The van der Waals surface area contributed by atoms with Crippen LogP contribution in [0.5, 0.6) is 0 Å². The Labute approximate surface area is 116 Å². The van der Waals surface area contributed by atoms with Crippen LogP contribution in [0.1, 0.15) is 46.0 Å². The van der Waals surface area contributed by atoms with Crippen molar-refractivity contribution in [1.29, 1.82) is 0 Å². The van der Waals surface area contributed by atoms with Crippen LogP contribution in [0.3, 0.4) is 0 Å². The summed E-state index contributed by atoms with van der Waals surface area (Å²) in [7, 11) is 0. The monoisotopic (exact) mass is 268 g/mol. The number of hydrogen-bond acceptors (Lipinski definition) is 3. The fourth-order valence-electron chi connectivity index (χ4n) is 3.61. The van der Waals surface area contributed by atoms with E-state index in [4.69, 9.17) is 0 Å². The Morgan fingerprint density at radius 3 is 2.16 bits per heavy atom. The summed E-state index contributed by atoms with van der Waals surface area (Å²) < 4.78 is 0. The van der Waals surface area contributed by atoms with E-state index in [0.29, 0.717) is 5.92 Å². The Balaban J connectivity index is 2.00. The van der Waals surface area contributed by atoms with Crippen molar-refractivity contribution in [1.82, 2.24) is 9.80 Å². The average Bonchev–Trinajstić information content (AvgIpc) is 2.40. The standard InChI is InChI=1S/C15H28N2O2/c1-13(2)12-16-10-6-15(7-11-16,14(18)19)17-8-4-3-5-9-17/h13H,3-12H2,1-2H3,(H,18,19). The zero-order chi connectivity index (χ0) is 13.9. The van der Waals surface area contributed by atoms with Gasteiger partial charge < -0.3 is 10.0 Å². The van der Waals surface area contributed by atoms with Crippen molar-refractivity contribution in [2.24, 2.45) is 5.92 Å². The fourth-order valence-corrected chi connectivity index (χ4v) is 3.61. The molecule has 2 aliphatic heterocycles. The number of carbonyl (C=O) groups is 1. The second kappa shape index (κ2) is 6.23. The molecule has 4 heteroatoms. The summed E-state index contributed by atoms with van der Waals surface area (Å²) in [5.41, 5.74) is -0.575. The third-order valence-electron chi connectivity index (χ3n) is 4.67. The smallest absolute Gasteiger partial charge is 0.324 e. The van der Waals surface area contributed by atoms with Gasteiger partial charge in [-0.05, 0) is 44.7 Å². The maximum absolute atomic E-state index is 11.8. The molecule has 2 fully saturated rings. The lowest BCUT2D eigenvalue weighted by atomic mass is 9.84. The Bertz CT molecular complexity index is 303. The number of carboxylic acid groups (broad SMARTS) is 1. The molecule has 110 valence electrons. The van der Waals surface area contributed by atoms with Gasteiger partial charge in [0.25, 0.3) is 0 Å². The van der Waals surface area contributed by atoms with E-state index in [1.54, 1.807) is 0 Å². The topological polar surface area (TPSA) is 43.8 Å². The Hall–Kier alpha value is -0.610. The van der Waals surface area contributed by atoms with Gasteiger partial charge in [-0.15, -0.1) is 0 Å². The first-order valence-corrected chi connectivity index (χ1v) is 7.75. The summed E-state index contributed by atoms with van der Waals surface area (Å²) in [6.45, 7) is 9.35. The third-order valence-corrected chi connectivity index (χ3v) is 4.67. The van der Waals surface area contributed by atoms with Gasteiger partial charge in [0.1, 0.15) is 5.54 Å². The van der Waals surface area contributed by atoms with Gasteiger partial charge in [-0.1, -0.05) is 20.3 Å². The number of aliphatic carboxylic acids is 1. The zero-order valence-corrected chi connectivity index (χ0v) is 12.4. The fraction of sp³-hybridized carbons (Fsp3) is 0.933. The largest absolute Gasteiger partial charge is 0.480 e. The SMILES string of the molecule is CC(C)CN1CCC(C(=O)O)(N2CCCCC2)CC1. The van der Waals surface area contributed by atoms with Crippen molar-refractivity contribution >= 4 is 5.97 Å². The van der Waals surface area contributed by atoms with E-state index >= 15 is 0 Å². The van der Waals surface area contributed by atoms with Gasteiger partial charge in [-0.2, -0.15) is 0 Å². The summed E-state index contributed by atoms with van der Waals surface area (Å²) in [5, 5.41) is 9.75. The molecule has 0 amide bonds. The van der Waals surface area contributed by atoms with Gasteiger partial charge in [0, 0.05) is 19.6 Å². The number of hydrogen-bond donors (Lipinski definition) is 1. The number of carboxylic acids is 1. The lowest BCUT2D eigenvalue weighted by Gasteiger charge is -2.47. The Morgan fingerprint density at radius 2 is 1.68 bits per heavy atom. The molecule has 1 N–H and O–H groups in total. The molecule has 0 radical (unpaired) electrons. The van der Waals surface area contributed by atoms with Crippen molar-refractivity contribution in [2.45, 2.75) is 51.5 Å². The molecule has 0 spiro atoms. The van der Waals surface area contributed by atoms with Gasteiger partial charge in [-0.3, -0.25) is 9.69 Å². The highest BCUT2D eigenvalue weighted by molar-refractivity contribution is 5.79. The first-order valence-electron chi connectivity index (χ1n) is 7.75. The molecule has 2 saturated heterocycles. The molecular formula is C15H28N2O2. The molecule has 4 nitrogen and oxygen atoms in total. The van der Waals surface area contributed by atoms with Crippen LogP contribution in [0, 0.1) is 5.92 Å². The van der Waals surface area contributed by atoms with Crippen LogP contribution >= 0.6 is 0 Å². The van der Waals surface area contributed by atoms with Crippen LogP contribution in [-0.4, -0.2) is 59.1 Å². The van der Waals surface area contributed by atoms with Crippen molar-refractivity contribution < 1.29 is 9.90 Å². The van der Waals surface area contributed by atoms with E-state index in [9.17, 15) is 9.90 Å². The van der Waals surface area contributed by atoms with Crippen LogP contribution in [0.25, 0.3) is 0 Å². The normalized spacial score (nSPS) is 25.6. The van der Waals surface area contributed by atoms with Crippen LogP contribution < -0.4 is 0 Å². The molecule has 0 bridgehead atoms. The van der Waals surface area contributed by atoms with E-state index < -0.39 is 11.5 Å². The lowest BCUT2D eigenvalue weighted by molar-refractivity contribution is -0.156. The number of piperidine rings is 2. The first-order chi connectivity index (χ1) is 9.04. The molecule has 0 aliphatic carbocycles. The summed E-state index contributed by atoms with van der Waals surface area (Å²) in [5.74, 6) is 0.0610. The van der Waals surface area contributed by atoms with Crippen LogP contribution in [0.2, 0.25) is 0 Å². The lowest BCUT2D eigenvalue weighted by Crippen LogP contribution is -2.61. The van der Waals surface area contributed by atoms with Gasteiger partial charge in [-0.25, -0.2) is 0 Å². The number of nitrogens with zero attached hydrogens (tertiary/aromatic N) is 2. The molecule has 19 heavy (non-hydrogen) atoms. The molecule has 0 aromatic carbocycles. The molecular weight excluding hydrogens is 240 g/mol. The molecule has 0 aromatic rings. The molecule has 0 saturated carbocycles. The average molecular weight is 268 g/mol. The van der Waals surface area contributed by atoms with Crippen LogP contribution in [-0.2, 0) is 4.79 Å². The molecule has 2 rings (SSSR count). The second-order valence-electron chi connectivity index (χ2n) is 6.58. The molecule has 2 aliphatic rings. The highest BCUT2D eigenvalue weighted by Crippen LogP contribution is 2.32. The second-order valence-corrected chi connectivity index (χ2v) is 6.58. The molecule has 0 atom stereocenters. The van der Waals surface area contributed by atoms with Gasteiger partial charge in [0.05, 0.1) is 0 Å². The van der Waals surface area contributed by atoms with Crippen molar-refractivity contribution in [3.05, 3.63) is 0 Å². The molecule has 2 heterocycles. The Morgan fingerprint density at radius 1 is 1.11 bits per heavy atom. The van der Waals surface area contributed by atoms with Crippen LogP contribution in [0.4, 0.5) is 0 Å². The molecule has 0 unspecified atom stereocenters. The highest BCUT2D eigenvalue weighted by atomic mass is 16.4. The number of rotatable bonds is 4. The molecule has 0 aromatic heterocycles. The maximum Gasteiger partial charge on any atom is 0.324 e. The zero-order valence-electron chi connectivity index (χ0n) is 12.4. The van der Waals surface area contributed by atoms with E-state index in [1.807, 2.05) is 0 Å². The van der Waals surface area contributed by atoms with Gasteiger partial charge in [0.15, 0.2) is 0 Å². The minimum atomic E-state index is -0.599. The first kappa shape index (κ1) is 14.8. The predicted octanol–water partition coefficient (Wildman–Crippen LogP) is 2.05. The summed E-state index contributed by atoms with van der Waals surface area (Å²) in [6.07, 6.45) is 5.14. The van der Waals surface area contributed by atoms with Gasteiger partial charge in [0.2, 0.25) is 0 Å². The van der Waals surface area contributed by atoms with E-state index in [2.05, 4.69) is 23.6 Å². The number of likely N-dealkylation sites (tertiary alicyclic amines) is 2. The minimum Gasteiger partial charge on any atom is -0.480 e. The third kappa shape index (κ3) is 3.29. The maximum atomic E-state index is 11.8. The van der Waals surface area contributed by atoms with Gasteiger partial charge >= 0.3 is 5.97 Å². The minimum absolute atomic E-state index is 0.575. The Kier molecular flexibility index (Phi) is 4.85. The van der Waals surface area contributed by atoms with E-state index in [0.717, 1.165) is 58.4 Å². The predicted molar refractivity (Wildman–Crippen MR) is 76.3 cm³/mol. The van der Waals surface area contributed by atoms with Crippen molar-refractivity contribution in [2.75, 3.05) is 32.7 Å². The van der Waals surface area contributed by atoms with E-state index in [1.165, 1.54) is 6.42 Å². The summed E-state index contributed by atoms with van der Waals surface area (Å²) in [6, 6.07) is 0. The highest BCUT2D eigenvalue weighted by Gasteiger charge is 2.46. The summed E-state index contributed by atoms with van der Waals surface area (Å²) >= 11 is 0. The van der Waals surface area contributed by atoms with Crippen LogP contribution in [0.15, 0.2) is 0 Å². The van der Waals surface area contributed by atoms with E-state index in [-0.39, 0.29) is 0 Å². The quantitative estimate of drug-likeness (QED) is 0.847. The van der Waals surface area contributed by atoms with Crippen molar-refractivity contribution in [3.8, 4) is 0 Å². The summed E-state index contributed by atoms with van der Waals surface area (Å²) in [4.78, 5) is 16.5.